The van der Waals surface area contributed by atoms with Gasteiger partial charge in [0, 0.05) is 0 Å². The highest BCUT2D eigenvalue weighted by molar-refractivity contribution is 5.74. The second-order valence-electron chi connectivity index (χ2n) is 4.32. The second kappa shape index (κ2) is 6.18. The summed E-state index contributed by atoms with van der Waals surface area (Å²) in [6.07, 6.45) is 0.807. The van der Waals surface area contributed by atoms with Crippen LogP contribution in [0, 0.1) is 6.92 Å². The van der Waals surface area contributed by atoms with E-state index in [2.05, 4.69) is 10.1 Å². The fraction of sp³-hybridized carbons (Fsp3) is 0.357. The molecule has 106 valence electrons. The van der Waals surface area contributed by atoms with E-state index in [0.717, 1.165) is 5.69 Å². The fourth-order valence-electron chi connectivity index (χ4n) is 1.59. The van der Waals surface area contributed by atoms with Crippen LogP contribution in [0.2, 0.25) is 0 Å². The summed E-state index contributed by atoms with van der Waals surface area (Å²) in [7, 11) is 0. The van der Waals surface area contributed by atoms with Gasteiger partial charge in [-0.3, -0.25) is 0 Å². The molecule has 0 bridgehead atoms. The molecule has 0 spiro atoms. The van der Waals surface area contributed by atoms with Crippen molar-refractivity contribution in [1.82, 2.24) is 14.8 Å². The van der Waals surface area contributed by atoms with E-state index in [-0.39, 0.29) is 6.01 Å². The van der Waals surface area contributed by atoms with E-state index < -0.39 is 12.1 Å². The van der Waals surface area contributed by atoms with Gasteiger partial charge in [0.25, 0.3) is 0 Å². The number of esters is 1. The summed E-state index contributed by atoms with van der Waals surface area (Å²) in [6, 6.07) is 7.98. The van der Waals surface area contributed by atoms with Crippen LogP contribution >= 0.6 is 0 Å². The number of ether oxygens (including phenoxy) is 2. The highest BCUT2D eigenvalue weighted by atomic mass is 16.6. The lowest BCUT2D eigenvalue weighted by Gasteiger charge is -2.09. The van der Waals surface area contributed by atoms with Crippen LogP contribution in [0.15, 0.2) is 30.6 Å². The minimum absolute atomic E-state index is 0.145. The average Bonchev–Trinajstić information content (AvgIpc) is 2.88. The Bertz CT molecular complexity index is 578. The zero-order chi connectivity index (χ0) is 14.5. The lowest BCUT2D eigenvalue weighted by atomic mass is 10.2. The van der Waals surface area contributed by atoms with E-state index in [4.69, 9.17) is 9.47 Å². The first-order valence-electron chi connectivity index (χ1n) is 6.42. The maximum atomic E-state index is 11.5. The molecule has 1 heterocycles. The van der Waals surface area contributed by atoms with Crippen LogP contribution in [0.1, 0.15) is 19.4 Å². The van der Waals surface area contributed by atoms with Crippen molar-refractivity contribution in [1.29, 1.82) is 0 Å². The number of carbonyl (C=O) groups excluding carboxylic acids is 1. The van der Waals surface area contributed by atoms with Crippen molar-refractivity contribution in [2.75, 3.05) is 6.61 Å². The van der Waals surface area contributed by atoms with Gasteiger partial charge in [0.1, 0.15) is 6.33 Å². The molecule has 0 saturated carbocycles. The largest absolute Gasteiger partial charge is 0.463 e. The van der Waals surface area contributed by atoms with Gasteiger partial charge in [-0.25, -0.2) is 9.48 Å². The zero-order valence-corrected chi connectivity index (χ0v) is 11.7. The van der Waals surface area contributed by atoms with E-state index in [1.165, 1.54) is 11.9 Å². The van der Waals surface area contributed by atoms with E-state index >= 15 is 0 Å². The molecule has 1 atom stereocenters. The summed E-state index contributed by atoms with van der Waals surface area (Å²) < 4.78 is 11.8. The highest BCUT2D eigenvalue weighted by Crippen LogP contribution is 2.11. The summed E-state index contributed by atoms with van der Waals surface area (Å²) in [5.74, 6) is -0.431. The molecule has 20 heavy (non-hydrogen) atoms. The third kappa shape index (κ3) is 3.34. The van der Waals surface area contributed by atoms with Gasteiger partial charge in [0.15, 0.2) is 6.10 Å². The number of hydrogen-bond acceptors (Lipinski definition) is 5. The number of nitrogens with zero attached hydrogens (tertiary/aromatic N) is 3. The molecule has 1 unspecified atom stereocenters. The summed E-state index contributed by atoms with van der Waals surface area (Å²) >= 11 is 0. The van der Waals surface area contributed by atoms with Crippen molar-refractivity contribution in [3.8, 4) is 11.7 Å². The zero-order valence-electron chi connectivity index (χ0n) is 11.7. The molecule has 0 saturated heterocycles. The highest BCUT2D eigenvalue weighted by Gasteiger charge is 2.17. The van der Waals surface area contributed by atoms with Gasteiger partial charge in [-0.15, -0.1) is 5.10 Å². The Morgan fingerprint density at radius 3 is 2.70 bits per heavy atom. The summed E-state index contributed by atoms with van der Waals surface area (Å²) in [6.45, 7) is 5.68. The summed E-state index contributed by atoms with van der Waals surface area (Å²) in [5, 5.41) is 4.17. The van der Waals surface area contributed by atoms with E-state index in [1.54, 1.807) is 18.5 Å². The van der Waals surface area contributed by atoms with Gasteiger partial charge in [0.05, 0.1) is 12.3 Å². The molecule has 6 heteroatoms. The topological polar surface area (TPSA) is 66.2 Å². The first-order chi connectivity index (χ1) is 9.60. The fourth-order valence-corrected chi connectivity index (χ4v) is 1.59. The minimum Gasteiger partial charge on any atom is -0.463 e. The molecule has 6 nitrogen and oxygen atoms in total. The number of aryl methyl sites for hydroxylation is 1. The molecule has 1 aromatic heterocycles. The van der Waals surface area contributed by atoms with Gasteiger partial charge in [-0.2, -0.15) is 4.98 Å². The lowest BCUT2D eigenvalue weighted by Crippen LogP contribution is -2.26. The maximum absolute atomic E-state index is 11.5. The Labute approximate surface area is 117 Å². The first-order valence-corrected chi connectivity index (χ1v) is 6.42. The summed E-state index contributed by atoms with van der Waals surface area (Å²) in [4.78, 5) is 15.5. The molecular weight excluding hydrogens is 258 g/mol. The summed E-state index contributed by atoms with van der Waals surface area (Å²) in [5.41, 5.74) is 2.04. The van der Waals surface area contributed by atoms with Crippen molar-refractivity contribution in [3.05, 3.63) is 36.2 Å². The van der Waals surface area contributed by atoms with E-state index in [0.29, 0.717) is 6.61 Å². The quantitative estimate of drug-likeness (QED) is 0.780. The monoisotopic (exact) mass is 275 g/mol. The van der Waals surface area contributed by atoms with Gasteiger partial charge in [-0.1, -0.05) is 17.7 Å². The number of carbonyl (C=O) groups is 1. The molecule has 0 amide bonds. The van der Waals surface area contributed by atoms with E-state index in [9.17, 15) is 4.79 Å². The van der Waals surface area contributed by atoms with Crippen LogP contribution in [-0.2, 0) is 9.53 Å². The molecule has 2 aromatic rings. The van der Waals surface area contributed by atoms with Crippen molar-refractivity contribution in [2.45, 2.75) is 26.9 Å². The predicted molar refractivity (Wildman–Crippen MR) is 72.8 cm³/mol. The van der Waals surface area contributed by atoms with E-state index in [1.807, 2.05) is 31.2 Å². The smallest absolute Gasteiger partial charge is 0.347 e. The molecule has 0 fully saturated rings. The van der Waals surface area contributed by atoms with Crippen LogP contribution in [0.5, 0.6) is 6.01 Å². The van der Waals surface area contributed by atoms with Crippen LogP contribution < -0.4 is 4.74 Å². The Hall–Kier alpha value is -2.37. The van der Waals surface area contributed by atoms with Gasteiger partial charge in [0.2, 0.25) is 0 Å². The van der Waals surface area contributed by atoms with Crippen molar-refractivity contribution in [2.24, 2.45) is 0 Å². The maximum Gasteiger partial charge on any atom is 0.347 e. The Morgan fingerprint density at radius 1 is 1.35 bits per heavy atom. The van der Waals surface area contributed by atoms with Crippen LogP contribution in [0.25, 0.3) is 5.69 Å². The average molecular weight is 275 g/mol. The van der Waals surface area contributed by atoms with Crippen LogP contribution in [0.3, 0.4) is 0 Å². The lowest BCUT2D eigenvalue weighted by molar-refractivity contribution is -0.150. The Kier molecular flexibility index (Phi) is 4.34. The minimum atomic E-state index is -0.733. The number of rotatable bonds is 5. The molecule has 0 aliphatic heterocycles. The first kappa shape index (κ1) is 14.0. The molecule has 2 rings (SSSR count). The number of hydrogen-bond donors (Lipinski definition) is 0. The normalized spacial score (nSPS) is 11.9. The Balaban J connectivity index is 2.05. The molecule has 1 aromatic carbocycles. The van der Waals surface area contributed by atoms with Crippen LogP contribution in [-0.4, -0.2) is 33.4 Å². The number of benzene rings is 1. The van der Waals surface area contributed by atoms with Crippen molar-refractivity contribution < 1.29 is 14.3 Å². The molecule has 0 aliphatic rings. The van der Waals surface area contributed by atoms with Crippen molar-refractivity contribution in [3.63, 3.8) is 0 Å². The Morgan fingerprint density at radius 2 is 2.05 bits per heavy atom. The van der Waals surface area contributed by atoms with Crippen LogP contribution in [0.4, 0.5) is 0 Å². The number of aromatic nitrogens is 3. The van der Waals surface area contributed by atoms with Gasteiger partial charge in [-0.05, 0) is 32.9 Å². The predicted octanol–water partition coefficient (Wildman–Crippen LogP) is 1.91. The van der Waals surface area contributed by atoms with Crippen molar-refractivity contribution >= 4 is 5.97 Å². The third-order valence-corrected chi connectivity index (χ3v) is 2.67. The third-order valence-electron chi connectivity index (χ3n) is 2.67. The standard InChI is InChI=1S/C14H17N3O3/c1-4-19-13(18)11(3)20-14-15-9-17(16-14)12-7-5-10(2)6-8-12/h5-9,11H,4H2,1-3H3. The van der Waals surface area contributed by atoms with Gasteiger partial charge >= 0.3 is 12.0 Å². The molecule has 0 N–H and O–H groups in total. The second-order valence-corrected chi connectivity index (χ2v) is 4.32. The molecule has 0 aliphatic carbocycles. The SMILES string of the molecule is CCOC(=O)C(C)Oc1ncn(-c2ccc(C)cc2)n1. The molecular formula is C14H17N3O3. The van der Waals surface area contributed by atoms with Gasteiger partial charge < -0.3 is 9.47 Å². The molecule has 0 radical (unpaired) electrons.